The minimum Gasteiger partial charge on any atom is -0.380 e. The minimum absolute atomic E-state index is 0. The predicted octanol–water partition coefficient (Wildman–Crippen LogP) is 7.93. The van der Waals surface area contributed by atoms with Crippen LogP contribution in [-0.4, -0.2) is 174 Å². The van der Waals surface area contributed by atoms with E-state index < -0.39 is 8.69 Å². The van der Waals surface area contributed by atoms with Crippen LogP contribution in [0.2, 0.25) is 0 Å². The van der Waals surface area contributed by atoms with E-state index in [0.717, 1.165) is 29.1 Å². The topological polar surface area (TPSA) is 250 Å². The van der Waals surface area contributed by atoms with Crippen molar-refractivity contribution in [1.29, 1.82) is 0 Å². The second-order valence-electron chi connectivity index (χ2n) is 17.9. The lowest BCUT2D eigenvalue weighted by Gasteiger charge is -2.23. The summed E-state index contributed by atoms with van der Waals surface area (Å²) in [5.74, 6) is -2.69. The Hall–Kier alpha value is -5.70. The maximum absolute atomic E-state index is 11.2. The van der Waals surface area contributed by atoms with Crippen LogP contribution in [0.25, 0.3) is 0 Å². The van der Waals surface area contributed by atoms with Crippen molar-refractivity contribution in [3.05, 3.63) is 60.8 Å². The van der Waals surface area contributed by atoms with E-state index in [1.165, 1.54) is 108 Å². The first-order chi connectivity index (χ1) is 37.1. The Morgan fingerprint density at radius 2 is 0.671 bits per heavy atom. The van der Waals surface area contributed by atoms with Gasteiger partial charge in [0.15, 0.2) is 0 Å². The molecular weight excluding hydrogens is 1040 g/mol. The monoisotopic (exact) mass is 1140 g/mol. The highest BCUT2D eigenvalue weighted by Gasteiger charge is 2.29. The smallest absolute Gasteiger partial charge is 0.327 e. The molecule has 0 spiro atoms. The fourth-order valence-corrected chi connectivity index (χ4v) is 6.72. The molecule has 0 fully saturated rings. The van der Waals surface area contributed by atoms with Gasteiger partial charge in [-0.15, -0.1) is 0 Å². The van der Waals surface area contributed by atoms with Gasteiger partial charge in [-0.05, 0) is 52.4 Å². The summed E-state index contributed by atoms with van der Waals surface area (Å²) in [6.07, 6.45) is 21.4. The summed E-state index contributed by atoms with van der Waals surface area (Å²) in [6, 6.07) is 0. The van der Waals surface area contributed by atoms with Crippen LogP contribution in [0.15, 0.2) is 60.8 Å². The standard InChI is InChI=1S/3C10H15NO3.C8H11NO3.C8H18.C6H6NO4P.C4H10.CH4/c3*1-3-8(14-4-2)7-11-9(12)5-6-10(11)13;1-6(12-2)5-9-7(10)3-4-8(9)11;1-5-8(4,6-2)7-3;8-5-1-2-6(9)7(5)3-4-11-12-10;1-3-4-2;/h3*5-6,8H,3-4,7H2,1-2H3;3-4,6H,5H2,1-2H3;5-7H2,1-4H3;1-2H,3-4H2;3-4H2,1-2H3;1H4. The Morgan fingerprint density at radius 3 is 0.848 bits per heavy atom. The summed E-state index contributed by atoms with van der Waals surface area (Å²) in [5.41, 5.74) is 0.625. The summed E-state index contributed by atoms with van der Waals surface area (Å²) in [4.78, 5) is 117. The largest absolute Gasteiger partial charge is 0.380 e. The van der Waals surface area contributed by atoms with Gasteiger partial charge < -0.3 is 18.9 Å². The molecule has 0 aliphatic carbocycles. The van der Waals surface area contributed by atoms with Crippen molar-refractivity contribution in [3.8, 4) is 0 Å². The number of carbonyl (C=O) groups is 10. The van der Waals surface area contributed by atoms with Gasteiger partial charge in [-0.2, -0.15) is 0 Å². The summed E-state index contributed by atoms with van der Waals surface area (Å²) in [5, 5.41) is 0. The third-order valence-electron chi connectivity index (χ3n) is 12.6. The second kappa shape index (κ2) is 45.1. The highest BCUT2D eigenvalue weighted by molar-refractivity contribution is 7.17. The normalized spacial score (nSPS) is 16.6. The maximum Gasteiger partial charge on any atom is 0.327 e. The molecule has 0 aromatic carbocycles. The molecule has 0 aromatic rings. The quantitative estimate of drug-likeness (QED) is 0.0453. The molecule has 22 heteroatoms. The van der Waals surface area contributed by atoms with E-state index >= 15 is 0 Å². The Balaban J connectivity index is -0.000000869. The van der Waals surface area contributed by atoms with Crippen molar-refractivity contribution in [2.75, 3.05) is 66.3 Å². The number of hydrogen-bond acceptors (Lipinski definition) is 16. The average Bonchev–Trinajstić information content (AvgIpc) is 4.23. The van der Waals surface area contributed by atoms with Gasteiger partial charge in [-0.3, -0.25) is 77.0 Å². The van der Waals surface area contributed by atoms with Gasteiger partial charge in [0, 0.05) is 87.7 Å². The van der Waals surface area contributed by atoms with Crippen LogP contribution in [-0.2, 0) is 76.0 Å². The highest BCUT2D eigenvalue weighted by Crippen LogP contribution is 2.28. The van der Waals surface area contributed by atoms with Crippen LogP contribution in [0.4, 0.5) is 0 Å². The van der Waals surface area contributed by atoms with Crippen LogP contribution in [0.5, 0.6) is 0 Å². The third kappa shape index (κ3) is 31.0. The first-order valence-corrected chi connectivity index (χ1v) is 27.8. The Kier molecular flexibility index (Phi) is 44.2. The van der Waals surface area contributed by atoms with Crippen molar-refractivity contribution in [3.63, 3.8) is 0 Å². The van der Waals surface area contributed by atoms with E-state index in [0.29, 0.717) is 51.4 Å². The van der Waals surface area contributed by atoms with Crippen LogP contribution in [0, 0.1) is 5.41 Å². The van der Waals surface area contributed by atoms with E-state index in [4.69, 9.17) is 18.9 Å². The zero-order valence-corrected chi connectivity index (χ0v) is 49.7. The van der Waals surface area contributed by atoms with Gasteiger partial charge in [0.2, 0.25) is 0 Å². The maximum atomic E-state index is 11.2. The zero-order chi connectivity index (χ0) is 59.8. The summed E-state index contributed by atoms with van der Waals surface area (Å²) < 4.78 is 35.3. The molecule has 21 nitrogen and oxygen atoms in total. The lowest BCUT2D eigenvalue weighted by molar-refractivity contribution is -0.140. The average molecular weight is 1140 g/mol. The van der Waals surface area contributed by atoms with Gasteiger partial charge in [-0.25, -0.2) is 4.57 Å². The fraction of sp³-hybridized carbons (Fsp3) is 0.649. The number of hydrogen-bond donors (Lipinski definition) is 0. The molecule has 0 aromatic heterocycles. The zero-order valence-electron chi connectivity index (χ0n) is 48.8. The molecule has 0 N–H and O–H groups in total. The summed E-state index contributed by atoms with van der Waals surface area (Å²) in [6.45, 7) is 30.4. The van der Waals surface area contributed by atoms with Crippen molar-refractivity contribution in [2.45, 2.75) is 173 Å². The van der Waals surface area contributed by atoms with E-state index in [1.54, 1.807) is 14.0 Å². The number of carbonyl (C=O) groups excluding carboxylic acids is 10. The molecule has 10 amide bonds. The summed E-state index contributed by atoms with van der Waals surface area (Å²) in [7, 11) is 1.10. The molecule has 0 bridgehead atoms. The van der Waals surface area contributed by atoms with Crippen LogP contribution >= 0.6 is 8.69 Å². The van der Waals surface area contributed by atoms with E-state index in [2.05, 4.69) is 46.1 Å². The van der Waals surface area contributed by atoms with Gasteiger partial charge in [-0.1, -0.05) is 102 Å². The number of imide groups is 5. The van der Waals surface area contributed by atoms with E-state index in [-0.39, 0.29) is 104 Å². The lowest BCUT2D eigenvalue weighted by Crippen LogP contribution is -2.37. The molecule has 4 unspecified atom stereocenters. The van der Waals surface area contributed by atoms with Crippen molar-refractivity contribution in [1.82, 2.24) is 24.5 Å². The van der Waals surface area contributed by atoms with Gasteiger partial charge >= 0.3 is 8.69 Å². The number of unbranched alkanes of at least 4 members (excludes halogenated alkanes) is 1. The molecule has 0 radical (unpaired) electrons. The Morgan fingerprint density at radius 1 is 0.430 bits per heavy atom. The van der Waals surface area contributed by atoms with Crippen molar-refractivity contribution in [2.24, 2.45) is 5.41 Å². The number of amides is 10. The van der Waals surface area contributed by atoms with Gasteiger partial charge in [0.25, 0.3) is 59.1 Å². The van der Waals surface area contributed by atoms with Gasteiger partial charge in [0.1, 0.15) is 0 Å². The van der Waals surface area contributed by atoms with Crippen LogP contribution in [0.3, 0.4) is 0 Å². The van der Waals surface area contributed by atoms with E-state index in [1.807, 2.05) is 41.5 Å². The third-order valence-corrected chi connectivity index (χ3v) is 12.9. The Labute approximate surface area is 472 Å². The van der Waals surface area contributed by atoms with E-state index in [9.17, 15) is 52.5 Å². The second-order valence-corrected chi connectivity index (χ2v) is 18.3. The molecule has 0 saturated heterocycles. The van der Waals surface area contributed by atoms with Crippen LogP contribution < -0.4 is 0 Å². The molecule has 5 aliphatic heterocycles. The first kappa shape index (κ1) is 77.5. The Bertz CT molecular complexity index is 1840. The molecule has 79 heavy (non-hydrogen) atoms. The van der Waals surface area contributed by atoms with Gasteiger partial charge in [0.05, 0.1) is 63.7 Å². The summed E-state index contributed by atoms with van der Waals surface area (Å²) >= 11 is 0. The molecule has 4 atom stereocenters. The number of ether oxygens (including phenoxy) is 4. The first-order valence-electron chi connectivity index (χ1n) is 27.1. The SMILES string of the molecule is C.CCC(C)(CC)CC.CCCC.CCOC(CC)CN1C(=O)C=CC1=O.CCOC(CC)CN1C(=O)C=CC1=O.CCOC(CC)CN1C(=O)C=CC1=O.COC(C)CN1C(=O)C=CC1=O.O=POCCN1C(=O)C=CC1=O. The lowest BCUT2D eigenvalue weighted by atomic mass is 9.82. The highest BCUT2D eigenvalue weighted by atomic mass is 31.1. The molecular formula is C57H94N5O16P. The molecule has 5 heterocycles. The molecule has 5 rings (SSSR count). The molecule has 0 saturated carbocycles. The van der Waals surface area contributed by atoms with Crippen LogP contribution in [0.1, 0.15) is 149 Å². The number of nitrogens with zero attached hydrogens (tertiary/aromatic N) is 5. The number of methoxy groups -OCH3 is 1. The minimum atomic E-state index is -0.444. The molecule has 5 aliphatic rings. The van der Waals surface area contributed by atoms with Crippen molar-refractivity contribution < 1.29 is 76.0 Å². The molecule has 448 valence electrons. The number of rotatable bonds is 26. The predicted molar refractivity (Wildman–Crippen MR) is 303 cm³/mol. The fourth-order valence-electron chi connectivity index (χ4n) is 6.56. The van der Waals surface area contributed by atoms with Crippen molar-refractivity contribution >= 4 is 67.8 Å².